The summed E-state index contributed by atoms with van der Waals surface area (Å²) in [5.41, 5.74) is -0.495. The van der Waals surface area contributed by atoms with E-state index in [-0.39, 0.29) is 6.67 Å². The van der Waals surface area contributed by atoms with Crippen LogP contribution in [0.5, 0.6) is 0 Å². The molecule has 0 aliphatic rings. The molecule has 14 heavy (non-hydrogen) atoms. The van der Waals surface area contributed by atoms with Gasteiger partial charge in [0.2, 0.25) is 0 Å². The molecule has 0 atom stereocenters. The molecule has 1 aromatic heterocycles. The average molecular weight is 199 g/mol. The summed E-state index contributed by atoms with van der Waals surface area (Å²) < 4.78 is 6.38. The van der Waals surface area contributed by atoms with Crippen LogP contribution in [0.2, 0.25) is 0 Å². The van der Waals surface area contributed by atoms with Crippen molar-refractivity contribution in [3.63, 3.8) is 0 Å². The summed E-state index contributed by atoms with van der Waals surface area (Å²) in [6, 6.07) is 0. The van der Waals surface area contributed by atoms with E-state index in [9.17, 15) is 4.79 Å². The van der Waals surface area contributed by atoms with Gasteiger partial charge < -0.3 is 10.1 Å². The smallest absolute Gasteiger partial charge is 0.409 e. The third-order valence-corrected chi connectivity index (χ3v) is 1.18. The Hall–Kier alpha value is -1.66. The number of hydrogen-bond donors (Lipinski definition) is 1. The van der Waals surface area contributed by atoms with Gasteiger partial charge in [0.15, 0.2) is 0 Å². The van der Waals surface area contributed by atoms with E-state index in [1.165, 1.54) is 11.0 Å². The molecule has 7 nitrogen and oxygen atoms in total. The van der Waals surface area contributed by atoms with Crippen LogP contribution in [0.15, 0.2) is 6.33 Å². The first kappa shape index (κ1) is 10.4. The number of nitrogens with one attached hydrogen (secondary N) is 1. The van der Waals surface area contributed by atoms with Crippen molar-refractivity contribution in [2.45, 2.75) is 33.0 Å². The molecule has 78 valence electrons. The lowest BCUT2D eigenvalue weighted by Crippen LogP contribution is -2.33. The van der Waals surface area contributed by atoms with Crippen molar-refractivity contribution in [3.05, 3.63) is 6.33 Å². The number of amides is 1. The lowest BCUT2D eigenvalue weighted by molar-refractivity contribution is 0.0508. The van der Waals surface area contributed by atoms with E-state index < -0.39 is 11.7 Å². The van der Waals surface area contributed by atoms with Gasteiger partial charge in [-0.2, -0.15) is 0 Å². The van der Waals surface area contributed by atoms with Gasteiger partial charge in [-0.05, 0) is 31.2 Å². The SMILES string of the molecule is CC(C)(C)OC(=O)NCn1cnnn1. The molecule has 0 unspecified atom stereocenters. The zero-order valence-corrected chi connectivity index (χ0v) is 8.39. The number of carbonyl (C=O) groups excluding carboxylic acids is 1. The first-order valence-corrected chi connectivity index (χ1v) is 4.15. The Morgan fingerprint density at radius 1 is 1.57 bits per heavy atom. The summed E-state index contributed by atoms with van der Waals surface area (Å²) in [5, 5.41) is 12.9. The average Bonchev–Trinajstić information content (AvgIpc) is 2.49. The molecule has 0 aromatic carbocycles. The summed E-state index contributed by atoms with van der Waals surface area (Å²) in [7, 11) is 0. The van der Waals surface area contributed by atoms with Crippen LogP contribution in [0.1, 0.15) is 20.8 Å². The highest BCUT2D eigenvalue weighted by molar-refractivity contribution is 5.67. The fourth-order valence-corrected chi connectivity index (χ4v) is 0.712. The Morgan fingerprint density at radius 3 is 2.79 bits per heavy atom. The predicted molar refractivity (Wildman–Crippen MR) is 47.2 cm³/mol. The van der Waals surface area contributed by atoms with Crippen molar-refractivity contribution < 1.29 is 9.53 Å². The van der Waals surface area contributed by atoms with E-state index in [4.69, 9.17) is 4.74 Å². The molecular weight excluding hydrogens is 186 g/mol. The molecule has 0 saturated carbocycles. The first-order valence-electron chi connectivity index (χ1n) is 4.15. The number of aromatic nitrogens is 4. The molecule has 7 heteroatoms. The molecule has 0 fully saturated rings. The molecule has 0 aliphatic heterocycles. The van der Waals surface area contributed by atoms with Gasteiger partial charge in [0.25, 0.3) is 0 Å². The zero-order chi connectivity index (χ0) is 10.6. The molecule has 0 saturated heterocycles. The van der Waals surface area contributed by atoms with Gasteiger partial charge in [-0.25, -0.2) is 9.48 Å². The van der Waals surface area contributed by atoms with Gasteiger partial charge in [-0.1, -0.05) is 0 Å². The second kappa shape index (κ2) is 4.03. The molecule has 0 radical (unpaired) electrons. The number of hydrogen-bond acceptors (Lipinski definition) is 5. The van der Waals surface area contributed by atoms with Crippen molar-refractivity contribution >= 4 is 6.09 Å². The maximum Gasteiger partial charge on any atom is 0.409 e. The van der Waals surface area contributed by atoms with Crippen LogP contribution < -0.4 is 5.32 Å². The maximum atomic E-state index is 11.1. The summed E-state index contributed by atoms with van der Waals surface area (Å²) in [6.07, 6.45) is 0.908. The van der Waals surface area contributed by atoms with E-state index in [2.05, 4.69) is 20.8 Å². The van der Waals surface area contributed by atoms with E-state index in [1.54, 1.807) is 20.8 Å². The molecule has 0 spiro atoms. The molecule has 1 N–H and O–H groups in total. The van der Waals surface area contributed by atoms with Crippen LogP contribution in [-0.4, -0.2) is 31.9 Å². The summed E-state index contributed by atoms with van der Waals surface area (Å²) in [5.74, 6) is 0. The van der Waals surface area contributed by atoms with Gasteiger partial charge in [0.1, 0.15) is 18.6 Å². The lowest BCUT2D eigenvalue weighted by atomic mass is 10.2. The van der Waals surface area contributed by atoms with Crippen molar-refractivity contribution in [2.24, 2.45) is 0 Å². The van der Waals surface area contributed by atoms with E-state index >= 15 is 0 Å². The quantitative estimate of drug-likeness (QED) is 0.733. The predicted octanol–water partition coefficient (Wildman–Crippen LogP) is 0.155. The fraction of sp³-hybridized carbons (Fsp3) is 0.714. The number of tetrazole rings is 1. The number of ether oxygens (including phenoxy) is 1. The van der Waals surface area contributed by atoms with Crippen molar-refractivity contribution in [1.29, 1.82) is 0 Å². The van der Waals surface area contributed by atoms with Gasteiger partial charge in [-0.15, -0.1) is 5.10 Å². The molecule has 1 aromatic rings. The van der Waals surface area contributed by atoms with Crippen molar-refractivity contribution in [3.8, 4) is 0 Å². The number of nitrogens with zero attached hydrogens (tertiary/aromatic N) is 4. The lowest BCUT2D eigenvalue weighted by Gasteiger charge is -2.19. The largest absolute Gasteiger partial charge is 0.444 e. The Bertz CT molecular complexity index is 290. The van der Waals surface area contributed by atoms with E-state index in [1.807, 2.05) is 0 Å². The Labute approximate surface area is 81.4 Å². The van der Waals surface area contributed by atoms with Gasteiger partial charge >= 0.3 is 6.09 Å². The molecule has 0 aliphatic carbocycles. The number of alkyl carbamates (subject to hydrolysis) is 1. The van der Waals surface area contributed by atoms with Crippen LogP contribution in [0, 0.1) is 0 Å². The van der Waals surface area contributed by atoms with Crippen LogP contribution in [0.3, 0.4) is 0 Å². The highest BCUT2D eigenvalue weighted by Gasteiger charge is 2.15. The van der Waals surface area contributed by atoms with Crippen LogP contribution in [0.25, 0.3) is 0 Å². The zero-order valence-electron chi connectivity index (χ0n) is 8.39. The molecule has 1 heterocycles. The Kier molecular flexibility index (Phi) is 3.00. The molecule has 0 bridgehead atoms. The van der Waals surface area contributed by atoms with Crippen LogP contribution >= 0.6 is 0 Å². The van der Waals surface area contributed by atoms with Crippen molar-refractivity contribution in [2.75, 3.05) is 0 Å². The summed E-state index contributed by atoms with van der Waals surface area (Å²) in [4.78, 5) is 11.1. The Balaban J connectivity index is 2.29. The van der Waals surface area contributed by atoms with Gasteiger partial charge in [0, 0.05) is 0 Å². The maximum absolute atomic E-state index is 11.1. The number of carbonyl (C=O) groups is 1. The summed E-state index contributed by atoms with van der Waals surface area (Å²) in [6.45, 7) is 5.58. The molecular formula is C7H13N5O2. The van der Waals surface area contributed by atoms with Crippen LogP contribution in [0.4, 0.5) is 4.79 Å². The monoisotopic (exact) mass is 199 g/mol. The second-order valence-corrected chi connectivity index (χ2v) is 3.69. The minimum atomic E-state index is -0.495. The topological polar surface area (TPSA) is 81.9 Å². The van der Waals surface area contributed by atoms with E-state index in [0.29, 0.717) is 0 Å². The highest BCUT2D eigenvalue weighted by atomic mass is 16.6. The Morgan fingerprint density at radius 2 is 2.29 bits per heavy atom. The first-order chi connectivity index (χ1) is 6.47. The third kappa shape index (κ3) is 3.83. The summed E-state index contributed by atoms with van der Waals surface area (Å²) >= 11 is 0. The second-order valence-electron chi connectivity index (χ2n) is 3.69. The standard InChI is InChI=1S/C7H13N5O2/c1-7(2,3)14-6(13)8-4-12-5-9-10-11-12/h5H,4H2,1-3H3,(H,8,13). The number of rotatable bonds is 2. The minimum Gasteiger partial charge on any atom is -0.444 e. The fourth-order valence-electron chi connectivity index (χ4n) is 0.712. The van der Waals surface area contributed by atoms with Crippen LogP contribution in [-0.2, 0) is 11.4 Å². The third-order valence-electron chi connectivity index (χ3n) is 1.18. The molecule has 1 rings (SSSR count). The highest BCUT2D eigenvalue weighted by Crippen LogP contribution is 2.06. The van der Waals surface area contributed by atoms with Gasteiger partial charge in [0.05, 0.1) is 0 Å². The van der Waals surface area contributed by atoms with Crippen molar-refractivity contribution in [1.82, 2.24) is 25.5 Å². The van der Waals surface area contributed by atoms with E-state index in [0.717, 1.165) is 0 Å². The van der Waals surface area contributed by atoms with Gasteiger partial charge in [-0.3, -0.25) is 0 Å². The minimum absolute atomic E-state index is 0.196. The molecule has 1 amide bonds. The normalized spacial score (nSPS) is 11.1.